The standard InChI is InChI=1S/C16H29N3O2/c1-7-10-16(5,19(6)9-3)11-17-15(20)14-12(4)13(8-2)21-18-14/h7-11H2,1-6H3,(H,17,20). The van der Waals surface area contributed by atoms with Crippen LogP contribution in [0.2, 0.25) is 0 Å². The minimum absolute atomic E-state index is 0.0373. The van der Waals surface area contributed by atoms with E-state index >= 15 is 0 Å². The molecule has 0 bridgehead atoms. The normalized spacial score (nSPS) is 14.2. The highest BCUT2D eigenvalue weighted by atomic mass is 16.5. The lowest BCUT2D eigenvalue weighted by Crippen LogP contribution is -2.52. The van der Waals surface area contributed by atoms with Gasteiger partial charge < -0.3 is 9.84 Å². The van der Waals surface area contributed by atoms with E-state index in [1.807, 2.05) is 13.8 Å². The van der Waals surface area contributed by atoms with Gasteiger partial charge in [-0.3, -0.25) is 9.69 Å². The van der Waals surface area contributed by atoms with Gasteiger partial charge in [0.15, 0.2) is 5.69 Å². The molecule has 0 saturated heterocycles. The molecular weight excluding hydrogens is 266 g/mol. The van der Waals surface area contributed by atoms with E-state index in [0.29, 0.717) is 12.2 Å². The van der Waals surface area contributed by atoms with Crippen LogP contribution in [0.1, 0.15) is 62.3 Å². The van der Waals surface area contributed by atoms with Crippen LogP contribution in [0.5, 0.6) is 0 Å². The number of amides is 1. The molecule has 1 aromatic heterocycles. The Kier molecular flexibility index (Phi) is 6.40. The van der Waals surface area contributed by atoms with Gasteiger partial charge in [0.25, 0.3) is 5.91 Å². The van der Waals surface area contributed by atoms with Crippen molar-refractivity contribution < 1.29 is 9.32 Å². The molecule has 5 heteroatoms. The highest BCUT2D eigenvalue weighted by Gasteiger charge is 2.29. The Hall–Kier alpha value is -1.36. The Bertz CT molecular complexity index is 470. The van der Waals surface area contributed by atoms with Crippen LogP contribution in [0.3, 0.4) is 0 Å². The van der Waals surface area contributed by atoms with Gasteiger partial charge in [-0.15, -0.1) is 0 Å². The molecule has 120 valence electrons. The van der Waals surface area contributed by atoms with Crippen LogP contribution in [0.4, 0.5) is 0 Å². The molecule has 0 radical (unpaired) electrons. The quantitative estimate of drug-likeness (QED) is 0.801. The van der Waals surface area contributed by atoms with Crippen molar-refractivity contribution in [2.24, 2.45) is 0 Å². The topological polar surface area (TPSA) is 58.4 Å². The maximum Gasteiger partial charge on any atom is 0.273 e. The van der Waals surface area contributed by atoms with Crippen LogP contribution in [0.15, 0.2) is 4.52 Å². The van der Waals surface area contributed by atoms with Gasteiger partial charge in [-0.1, -0.05) is 32.3 Å². The lowest BCUT2D eigenvalue weighted by atomic mass is 9.94. The molecule has 1 N–H and O–H groups in total. The summed E-state index contributed by atoms with van der Waals surface area (Å²) in [6.07, 6.45) is 2.87. The molecule has 1 aromatic rings. The molecule has 1 amide bonds. The summed E-state index contributed by atoms with van der Waals surface area (Å²) in [5.74, 6) is 0.630. The fraction of sp³-hybridized carbons (Fsp3) is 0.750. The zero-order valence-corrected chi connectivity index (χ0v) is 14.2. The summed E-state index contributed by atoms with van der Waals surface area (Å²) in [6, 6.07) is 0. The van der Waals surface area contributed by atoms with Crippen molar-refractivity contribution in [3.05, 3.63) is 17.0 Å². The number of hydrogen-bond acceptors (Lipinski definition) is 4. The molecule has 1 unspecified atom stereocenters. The number of carbonyl (C=O) groups is 1. The van der Waals surface area contributed by atoms with Gasteiger partial charge in [0.2, 0.25) is 0 Å². The van der Waals surface area contributed by atoms with Gasteiger partial charge in [-0.25, -0.2) is 0 Å². The molecule has 0 spiro atoms. The van der Waals surface area contributed by atoms with Crippen molar-refractivity contribution in [2.45, 2.75) is 59.4 Å². The molecule has 0 aliphatic heterocycles. The number of carbonyl (C=O) groups excluding carboxylic acids is 1. The highest BCUT2D eigenvalue weighted by molar-refractivity contribution is 5.93. The van der Waals surface area contributed by atoms with Crippen molar-refractivity contribution in [1.29, 1.82) is 0 Å². The molecule has 1 atom stereocenters. The number of nitrogens with zero attached hydrogens (tertiary/aromatic N) is 2. The SMILES string of the molecule is CCCC(C)(CNC(=O)c1noc(CC)c1C)N(C)CC. The highest BCUT2D eigenvalue weighted by Crippen LogP contribution is 2.19. The lowest BCUT2D eigenvalue weighted by molar-refractivity contribution is 0.0868. The number of hydrogen-bond donors (Lipinski definition) is 1. The summed E-state index contributed by atoms with van der Waals surface area (Å²) in [7, 11) is 2.10. The average Bonchev–Trinajstić information content (AvgIpc) is 2.85. The minimum atomic E-state index is -0.150. The molecule has 1 heterocycles. The van der Waals surface area contributed by atoms with Crippen molar-refractivity contribution >= 4 is 5.91 Å². The molecule has 0 saturated carbocycles. The van der Waals surface area contributed by atoms with Crippen LogP contribution in [0, 0.1) is 6.92 Å². The monoisotopic (exact) mass is 295 g/mol. The molecule has 0 fully saturated rings. The third-order valence-corrected chi connectivity index (χ3v) is 4.37. The number of aromatic nitrogens is 1. The Labute approximate surface area is 128 Å². The predicted octanol–water partition coefficient (Wildman–Crippen LogP) is 2.79. The van der Waals surface area contributed by atoms with E-state index in [0.717, 1.165) is 37.1 Å². The first-order chi connectivity index (χ1) is 9.89. The Balaban J connectivity index is 2.75. The Morgan fingerprint density at radius 2 is 2.05 bits per heavy atom. The van der Waals surface area contributed by atoms with Crippen molar-refractivity contribution in [2.75, 3.05) is 20.1 Å². The first kappa shape index (κ1) is 17.7. The zero-order chi connectivity index (χ0) is 16.0. The van der Waals surface area contributed by atoms with Gasteiger partial charge in [-0.2, -0.15) is 0 Å². The van der Waals surface area contributed by atoms with Gasteiger partial charge in [0.1, 0.15) is 5.76 Å². The summed E-state index contributed by atoms with van der Waals surface area (Å²) in [5, 5.41) is 6.91. The molecule has 0 aliphatic rings. The lowest BCUT2D eigenvalue weighted by Gasteiger charge is -2.38. The van der Waals surface area contributed by atoms with E-state index in [-0.39, 0.29) is 11.4 Å². The smallest absolute Gasteiger partial charge is 0.273 e. The van der Waals surface area contributed by atoms with E-state index in [1.165, 1.54) is 0 Å². The first-order valence-electron chi connectivity index (χ1n) is 7.84. The second kappa shape index (κ2) is 7.59. The number of nitrogens with one attached hydrogen (secondary N) is 1. The Morgan fingerprint density at radius 1 is 1.38 bits per heavy atom. The van der Waals surface area contributed by atoms with Crippen LogP contribution in [-0.2, 0) is 6.42 Å². The Morgan fingerprint density at radius 3 is 2.52 bits per heavy atom. The zero-order valence-electron chi connectivity index (χ0n) is 14.2. The van der Waals surface area contributed by atoms with Crippen LogP contribution >= 0.6 is 0 Å². The summed E-state index contributed by atoms with van der Waals surface area (Å²) in [6.45, 7) is 11.9. The number of rotatable bonds is 8. The number of likely N-dealkylation sites (N-methyl/N-ethyl adjacent to an activating group) is 1. The van der Waals surface area contributed by atoms with Gasteiger partial charge in [0, 0.05) is 24.1 Å². The van der Waals surface area contributed by atoms with E-state index in [2.05, 4.69) is 43.2 Å². The maximum absolute atomic E-state index is 12.3. The molecule has 1 rings (SSSR count). The molecular formula is C16H29N3O2. The minimum Gasteiger partial charge on any atom is -0.360 e. The molecule has 0 aliphatic carbocycles. The van der Waals surface area contributed by atoms with Crippen molar-refractivity contribution in [1.82, 2.24) is 15.4 Å². The fourth-order valence-corrected chi connectivity index (χ4v) is 2.60. The summed E-state index contributed by atoms with van der Waals surface area (Å²) in [4.78, 5) is 14.6. The van der Waals surface area contributed by atoms with Gasteiger partial charge >= 0.3 is 0 Å². The third-order valence-electron chi connectivity index (χ3n) is 4.37. The fourth-order valence-electron chi connectivity index (χ4n) is 2.60. The molecule has 5 nitrogen and oxygen atoms in total. The van der Waals surface area contributed by atoms with E-state index in [9.17, 15) is 4.79 Å². The van der Waals surface area contributed by atoms with Crippen molar-refractivity contribution in [3.63, 3.8) is 0 Å². The van der Waals surface area contributed by atoms with E-state index < -0.39 is 0 Å². The molecule has 0 aromatic carbocycles. The number of aryl methyl sites for hydroxylation is 1. The van der Waals surface area contributed by atoms with Crippen LogP contribution in [-0.4, -0.2) is 41.6 Å². The molecule has 21 heavy (non-hydrogen) atoms. The summed E-state index contributed by atoms with van der Waals surface area (Å²) < 4.78 is 5.19. The second-order valence-corrected chi connectivity index (χ2v) is 5.88. The first-order valence-corrected chi connectivity index (χ1v) is 7.84. The predicted molar refractivity (Wildman–Crippen MR) is 84.6 cm³/mol. The third kappa shape index (κ3) is 4.06. The van der Waals surface area contributed by atoms with E-state index in [1.54, 1.807) is 0 Å². The largest absolute Gasteiger partial charge is 0.360 e. The second-order valence-electron chi connectivity index (χ2n) is 5.88. The van der Waals surface area contributed by atoms with Gasteiger partial charge in [-0.05, 0) is 33.9 Å². The average molecular weight is 295 g/mol. The van der Waals surface area contributed by atoms with Crippen molar-refractivity contribution in [3.8, 4) is 0 Å². The summed E-state index contributed by atoms with van der Waals surface area (Å²) in [5.41, 5.74) is 1.21. The van der Waals surface area contributed by atoms with Gasteiger partial charge in [0.05, 0.1) is 0 Å². The van der Waals surface area contributed by atoms with E-state index in [4.69, 9.17) is 4.52 Å². The van der Waals surface area contributed by atoms with Crippen LogP contribution in [0.25, 0.3) is 0 Å². The maximum atomic E-state index is 12.3. The summed E-state index contributed by atoms with van der Waals surface area (Å²) >= 11 is 0. The van der Waals surface area contributed by atoms with Crippen LogP contribution < -0.4 is 5.32 Å².